The second kappa shape index (κ2) is 9.28. The molecule has 1 aliphatic heterocycles. The van der Waals surface area contributed by atoms with Crippen molar-refractivity contribution < 1.29 is 17.9 Å². The van der Waals surface area contributed by atoms with Crippen molar-refractivity contribution in [2.75, 3.05) is 38.2 Å². The summed E-state index contributed by atoms with van der Waals surface area (Å²) < 4.78 is 32.8. The SMILES string of the molecule is COc1ccc(N2CCN(S(=O)(=O)c3ccc(C(=O)NC4CCCC4)cc3)CC2)cc1. The minimum atomic E-state index is -3.59. The van der Waals surface area contributed by atoms with Gasteiger partial charge in [0.15, 0.2) is 0 Å². The topological polar surface area (TPSA) is 79.0 Å². The molecule has 166 valence electrons. The number of amides is 1. The van der Waals surface area contributed by atoms with Crippen LogP contribution in [0.3, 0.4) is 0 Å². The van der Waals surface area contributed by atoms with E-state index in [1.807, 2.05) is 24.3 Å². The quantitative estimate of drug-likeness (QED) is 0.743. The van der Waals surface area contributed by atoms with Crippen LogP contribution in [-0.4, -0.2) is 58.0 Å². The molecule has 0 bridgehead atoms. The van der Waals surface area contributed by atoms with Gasteiger partial charge in [-0.15, -0.1) is 0 Å². The third-order valence-corrected chi connectivity index (χ3v) is 8.03. The number of rotatable bonds is 6. The molecule has 1 heterocycles. The Hall–Kier alpha value is -2.58. The highest BCUT2D eigenvalue weighted by atomic mass is 32.2. The first-order chi connectivity index (χ1) is 15.0. The van der Waals surface area contributed by atoms with Crippen molar-refractivity contribution in [2.24, 2.45) is 0 Å². The number of ether oxygens (including phenoxy) is 1. The van der Waals surface area contributed by atoms with Crippen molar-refractivity contribution in [1.82, 2.24) is 9.62 Å². The summed E-state index contributed by atoms with van der Waals surface area (Å²) in [7, 11) is -1.96. The smallest absolute Gasteiger partial charge is 0.251 e. The largest absolute Gasteiger partial charge is 0.497 e. The summed E-state index contributed by atoms with van der Waals surface area (Å²) in [5.41, 5.74) is 1.55. The molecule has 8 heteroatoms. The first-order valence-electron chi connectivity index (χ1n) is 10.8. The van der Waals surface area contributed by atoms with E-state index < -0.39 is 10.0 Å². The van der Waals surface area contributed by atoms with Crippen LogP contribution in [-0.2, 0) is 10.0 Å². The van der Waals surface area contributed by atoms with Gasteiger partial charge in [-0.25, -0.2) is 8.42 Å². The van der Waals surface area contributed by atoms with Gasteiger partial charge in [-0.05, 0) is 61.4 Å². The number of carbonyl (C=O) groups excluding carboxylic acids is 1. The zero-order chi connectivity index (χ0) is 21.8. The molecule has 0 atom stereocenters. The lowest BCUT2D eigenvalue weighted by atomic mass is 10.2. The van der Waals surface area contributed by atoms with E-state index in [4.69, 9.17) is 4.74 Å². The fraction of sp³-hybridized carbons (Fsp3) is 0.435. The number of piperazine rings is 1. The molecule has 1 saturated carbocycles. The van der Waals surface area contributed by atoms with Crippen LogP contribution in [0.2, 0.25) is 0 Å². The van der Waals surface area contributed by atoms with Crippen LogP contribution in [0.25, 0.3) is 0 Å². The summed E-state index contributed by atoms with van der Waals surface area (Å²) in [5, 5.41) is 3.03. The summed E-state index contributed by atoms with van der Waals surface area (Å²) in [6.07, 6.45) is 4.32. The van der Waals surface area contributed by atoms with Crippen LogP contribution < -0.4 is 15.0 Å². The van der Waals surface area contributed by atoms with Crippen LogP contribution in [0.5, 0.6) is 5.75 Å². The highest BCUT2D eigenvalue weighted by Gasteiger charge is 2.29. The van der Waals surface area contributed by atoms with Crippen LogP contribution >= 0.6 is 0 Å². The molecular weight excluding hydrogens is 414 g/mol. The molecular formula is C23H29N3O4S. The lowest BCUT2D eigenvalue weighted by Gasteiger charge is -2.35. The second-order valence-corrected chi connectivity index (χ2v) is 10.0. The Balaban J connectivity index is 1.37. The summed E-state index contributed by atoms with van der Waals surface area (Å²) in [6, 6.07) is 14.3. The standard InChI is InChI=1S/C23H29N3O4S/c1-30-21-10-8-20(9-11-21)25-14-16-26(17-15-25)31(28,29)22-12-6-18(7-13-22)23(27)24-19-4-2-3-5-19/h6-13,19H,2-5,14-17H2,1H3,(H,24,27). The maximum atomic E-state index is 13.1. The van der Waals surface area contributed by atoms with Gasteiger partial charge in [-0.3, -0.25) is 4.79 Å². The number of nitrogens with zero attached hydrogens (tertiary/aromatic N) is 2. The lowest BCUT2D eigenvalue weighted by Crippen LogP contribution is -2.48. The van der Waals surface area contributed by atoms with Crippen LogP contribution in [0.4, 0.5) is 5.69 Å². The Morgan fingerprint density at radius 2 is 1.55 bits per heavy atom. The van der Waals surface area contributed by atoms with Gasteiger partial charge in [0.1, 0.15) is 5.75 Å². The van der Waals surface area contributed by atoms with Crippen molar-refractivity contribution in [2.45, 2.75) is 36.6 Å². The number of nitrogens with one attached hydrogen (secondary N) is 1. The molecule has 2 fully saturated rings. The Morgan fingerprint density at radius 3 is 2.13 bits per heavy atom. The Kier molecular flexibility index (Phi) is 6.48. The molecule has 1 N–H and O–H groups in total. The maximum absolute atomic E-state index is 13.1. The van der Waals surface area contributed by atoms with Crippen molar-refractivity contribution >= 4 is 21.6 Å². The van der Waals surface area contributed by atoms with Crippen LogP contribution in [0.1, 0.15) is 36.0 Å². The fourth-order valence-electron chi connectivity index (χ4n) is 4.25. The minimum Gasteiger partial charge on any atom is -0.497 e. The summed E-state index contributed by atoms with van der Waals surface area (Å²) >= 11 is 0. The number of hydrogen-bond acceptors (Lipinski definition) is 5. The third kappa shape index (κ3) is 4.85. The van der Waals surface area contributed by atoms with E-state index in [0.717, 1.165) is 37.1 Å². The first-order valence-corrected chi connectivity index (χ1v) is 12.2. The molecule has 4 rings (SSSR count). The second-order valence-electron chi connectivity index (χ2n) is 8.07. The van der Waals surface area contributed by atoms with E-state index in [1.165, 1.54) is 16.4 Å². The monoisotopic (exact) mass is 443 g/mol. The van der Waals surface area contributed by atoms with Crippen molar-refractivity contribution in [3.8, 4) is 5.75 Å². The zero-order valence-electron chi connectivity index (χ0n) is 17.8. The molecule has 1 amide bonds. The predicted molar refractivity (Wildman–Crippen MR) is 120 cm³/mol. The molecule has 7 nitrogen and oxygen atoms in total. The number of anilines is 1. The van der Waals surface area contributed by atoms with Gasteiger partial charge in [0, 0.05) is 43.5 Å². The van der Waals surface area contributed by atoms with Crippen LogP contribution in [0, 0.1) is 0 Å². The Bertz CT molecular complexity index is 992. The fourth-order valence-corrected chi connectivity index (χ4v) is 5.67. The van der Waals surface area contributed by atoms with E-state index in [0.29, 0.717) is 31.7 Å². The van der Waals surface area contributed by atoms with E-state index >= 15 is 0 Å². The Morgan fingerprint density at radius 1 is 0.935 bits per heavy atom. The molecule has 0 radical (unpaired) electrons. The normalized spacial score (nSPS) is 18.2. The molecule has 0 unspecified atom stereocenters. The maximum Gasteiger partial charge on any atom is 0.251 e. The molecule has 31 heavy (non-hydrogen) atoms. The van der Waals surface area contributed by atoms with Gasteiger partial charge in [0.05, 0.1) is 12.0 Å². The van der Waals surface area contributed by atoms with Crippen molar-refractivity contribution in [1.29, 1.82) is 0 Å². The Labute approximate surface area is 184 Å². The third-order valence-electron chi connectivity index (χ3n) is 6.12. The number of carbonyl (C=O) groups is 1. The van der Waals surface area contributed by atoms with Gasteiger partial charge < -0.3 is 15.0 Å². The lowest BCUT2D eigenvalue weighted by molar-refractivity contribution is 0.0937. The van der Waals surface area contributed by atoms with Gasteiger partial charge in [-0.2, -0.15) is 4.31 Å². The summed E-state index contributed by atoms with van der Waals surface area (Å²) in [6.45, 7) is 2.07. The molecule has 2 aliphatic rings. The number of benzene rings is 2. The molecule has 0 spiro atoms. The number of sulfonamides is 1. The van der Waals surface area contributed by atoms with Crippen molar-refractivity contribution in [3.05, 3.63) is 54.1 Å². The predicted octanol–water partition coefficient (Wildman–Crippen LogP) is 2.88. The first kappa shape index (κ1) is 21.6. The van der Waals surface area contributed by atoms with E-state index in [1.54, 1.807) is 19.2 Å². The van der Waals surface area contributed by atoms with Crippen LogP contribution in [0.15, 0.2) is 53.4 Å². The number of methoxy groups -OCH3 is 1. The molecule has 0 aromatic heterocycles. The van der Waals surface area contributed by atoms with E-state index in [2.05, 4.69) is 10.2 Å². The van der Waals surface area contributed by atoms with Gasteiger partial charge in [0.2, 0.25) is 10.0 Å². The van der Waals surface area contributed by atoms with Crippen molar-refractivity contribution in [3.63, 3.8) is 0 Å². The summed E-state index contributed by atoms with van der Waals surface area (Å²) in [5.74, 6) is 0.661. The van der Waals surface area contributed by atoms with E-state index in [9.17, 15) is 13.2 Å². The molecule has 1 aliphatic carbocycles. The molecule has 2 aromatic carbocycles. The molecule has 1 saturated heterocycles. The number of hydrogen-bond donors (Lipinski definition) is 1. The van der Waals surface area contributed by atoms with Gasteiger partial charge >= 0.3 is 0 Å². The highest BCUT2D eigenvalue weighted by molar-refractivity contribution is 7.89. The highest BCUT2D eigenvalue weighted by Crippen LogP contribution is 2.24. The van der Waals surface area contributed by atoms with E-state index in [-0.39, 0.29) is 16.8 Å². The van der Waals surface area contributed by atoms with Gasteiger partial charge in [-0.1, -0.05) is 12.8 Å². The average molecular weight is 444 g/mol. The zero-order valence-corrected chi connectivity index (χ0v) is 18.6. The summed E-state index contributed by atoms with van der Waals surface area (Å²) in [4.78, 5) is 14.8. The minimum absolute atomic E-state index is 0.135. The van der Waals surface area contributed by atoms with Gasteiger partial charge in [0.25, 0.3) is 5.91 Å². The molecule has 2 aromatic rings. The average Bonchev–Trinajstić information content (AvgIpc) is 3.32.